The van der Waals surface area contributed by atoms with Crippen molar-refractivity contribution in [2.75, 3.05) is 42.7 Å². The zero-order chi connectivity index (χ0) is 21.8. The van der Waals surface area contributed by atoms with Crippen LogP contribution < -0.4 is 10.2 Å². The van der Waals surface area contributed by atoms with Gasteiger partial charge in [-0.25, -0.2) is 14.8 Å². The summed E-state index contributed by atoms with van der Waals surface area (Å²) in [7, 11) is 0. The maximum absolute atomic E-state index is 12.7. The molecule has 0 radical (unpaired) electrons. The summed E-state index contributed by atoms with van der Waals surface area (Å²) >= 11 is 1.68. The fourth-order valence-corrected chi connectivity index (χ4v) is 4.05. The molecule has 2 amide bonds. The fraction of sp³-hybridized carbons (Fsp3) is 0.292. The number of nitrogens with zero attached hydrogens (tertiary/aromatic N) is 4. The number of hydrogen-bond donors (Lipinski definition) is 1. The number of aromatic nitrogens is 2. The van der Waals surface area contributed by atoms with Crippen molar-refractivity contribution < 1.29 is 4.79 Å². The van der Waals surface area contributed by atoms with Gasteiger partial charge in [0.05, 0.1) is 0 Å². The highest BCUT2D eigenvalue weighted by atomic mass is 32.2. The monoisotopic (exact) mass is 433 g/mol. The minimum atomic E-state index is -0.0594. The molecular formula is C24H27N5OS. The van der Waals surface area contributed by atoms with E-state index in [2.05, 4.69) is 34.3 Å². The van der Waals surface area contributed by atoms with Gasteiger partial charge in [0, 0.05) is 54.1 Å². The van der Waals surface area contributed by atoms with Gasteiger partial charge < -0.3 is 15.1 Å². The lowest BCUT2D eigenvalue weighted by molar-refractivity contribution is 0.208. The second kappa shape index (κ2) is 9.39. The van der Waals surface area contributed by atoms with E-state index in [1.54, 1.807) is 11.8 Å². The molecule has 160 valence electrons. The Kier molecular flexibility index (Phi) is 6.42. The highest BCUT2D eigenvalue weighted by molar-refractivity contribution is 7.98. The molecule has 3 aromatic rings. The molecule has 0 atom stereocenters. The number of anilines is 2. The van der Waals surface area contributed by atoms with Gasteiger partial charge in [-0.15, -0.1) is 11.8 Å². The summed E-state index contributed by atoms with van der Waals surface area (Å²) in [6.07, 6.45) is 2.04. The summed E-state index contributed by atoms with van der Waals surface area (Å²) in [4.78, 5) is 27.4. The zero-order valence-electron chi connectivity index (χ0n) is 18.1. The summed E-state index contributed by atoms with van der Waals surface area (Å²) in [5.74, 6) is 1.66. The molecule has 0 unspecified atom stereocenters. The van der Waals surface area contributed by atoms with Gasteiger partial charge in [0.1, 0.15) is 5.82 Å². The molecule has 0 aliphatic carbocycles. The largest absolute Gasteiger partial charge is 0.353 e. The van der Waals surface area contributed by atoms with Crippen LogP contribution >= 0.6 is 11.8 Å². The third-order valence-electron chi connectivity index (χ3n) is 5.35. The molecule has 31 heavy (non-hydrogen) atoms. The summed E-state index contributed by atoms with van der Waals surface area (Å²) in [6.45, 7) is 6.85. The van der Waals surface area contributed by atoms with Crippen LogP contribution in [-0.4, -0.2) is 53.3 Å². The number of amides is 2. The van der Waals surface area contributed by atoms with Crippen molar-refractivity contribution in [2.45, 2.75) is 18.7 Å². The van der Waals surface area contributed by atoms with E-state index in [4.69, 9.17) is 4.98 Å². The van der Waals surface area contributed by atoms with Gasteiger partial charge in [-0.05, 0) is 50.4 Å². The zero-order valence-corrected chi connectivity index (χ0v) is 18.9. The number of carbonyl (C=O) groups excluding carboxylic acids is 1. The van der Waals surface area contributed by atoms with Crippen LogP contribution in [0.5, 0.6) is 0 Å². The van der Waals surface area contributed by atoms with Gasteiger partial charge in [0.25, 0.3) is 0 Å². The third kappa shape index (κ3) is 5.17. The van der Waals surface area contributed by atoms with E-state index in [9.17, 15) is 4.79 Å². The lowest BCUT2D eigenvalue weighted by Gasteiger charge is -2.35. The topological polar surface area (TPSA) is 61.4 Å². The summed E-state index contributed by atoms with van der Waals surface area (Å²) < 4.78 is 0. The summed E-state index contributed by atoms with van der Waals surface area (Å²) in [5, 5.41) is 3.00. The average Bonchev–Trinajstić information content (AvgIpc) is 2.79. The number of carbonyl (C=O) groups is 1. The minimum absolute atomic E-state index is 0.0594. The Balaban J connectivity index is 1.40. The van der Waals surface area contributed by atoms with Crippen LogP contribution in [0.25, 0.3) is 11.4 Å². The van der Waals surface area contributed by atoms with E-state index in [1.165, 1.54) is 10.5 Å². The molecule has 0 spiro atoms. The number of nitrogens with one attached hydrogen (secondary N) is 1. The van der Waals surface area contributed by atoms with Crippen molar-refractivity contribution in [3.63, 3.8) is 0 Å². The second-order valence-electron chi connectivity index (χ2n) is 7.69. The number of thioether (sulfide) groups is 1. The van der Waals surface area contributed by atoms with E-state index in [0.29, 0.717) is 13.1 Å². The van der Waals surface area contributed by atoms with Crippen LogP contribution in [0.3, 0.4) is 0 Å². The van der Waals surface area contributed by atoms with Crippen molar-refractivity contribution in [3.05, 3.63) is 65.9 Å². The molecule has 6 nitrogen and oxygen atoms in total. The first-order valence-corrected chi connectivity index (χ1v) is 11.6. The predicted octanol–water partition coefficient (Wildman–Crippen LogP) is 4.84. The molecule has 0 saturated carbocycles. The van der Waals surface area contributed by atoms with Crippen LogP contribution in [0.4, 0.5) is 16.3 Å². The van der Waals surface area contributed by atoms with Crippen molar-refractivity contribution in [1.82, 2.24) is 14.9 Å². The Morgan fingerprint density at radius 1 is 0.968 bits per heavy atom. The van der Waals surface area contributed by atoms with Crippen molar-refractivity contribution >= 4 is 29.3 Å². The first kappa shape index (κ1) is 21.2. The molecule has 4 rings (SSSR count). The van der Waals surface area contributed by atoms with E-state index in [-0.39, 0.29) is 6.03 Å². The molecule has 0 bridgehead atoms. The lowest BCUT2D eigenvalue weighted by atomic mass is 10.1. The van der Waals surface area contributed by atoms with Crippen molar-refractivity contribution in [3.8, 4) is 11.4 Å². The molecule has 1 aromatic heterocycles. The van der Waals surface area contributed by atoms with Crippen LogP contribution in [-0.2, 0) is 0 Å². The Morgan fingerprint density at radius 3 is 2.39 bits per heavy atom. The van der Waals surface area contributed by atoms with Gasteiger partial charge >= 0.3 is 6.03 Å². The van der Waals surface area contributed by atoms with E-state index >= 15 is 0 Å². The van der Waals surface area contributed by atoms with Gasteiger partial charge in [-0.1, -0.05) is 23.8 Å². The van der Waals surface area contributed by atoms with Crippen molar-refractivity contribution in [2.24, 2.45) is 0 Å². The van der Waals surface area contributed by atoms with E-state index < -0.39 is 0 Å². The molecule has 2 heterocycles. The number of piperazine rings is 1. The standard InChI is InChI=1S/C24H27N5OS/c1-17-5-4-6-19(15-17)23-25-18(2)16-22(27-23)28-11-13-29(14-12-28)24(30)26-20-7-9-21(31-3)10-8-20/h4-10,15-16H,11-14H2,1-3H3,(H,26,30). The maximum atomic E-state index is 12.7. The van der Waals surface area contributed by atoms with Crippen molar-refractivity contribution in [1.29, 1.82) is 0 Å². The van der Waals surface area contributed by atoms with Crippen LogP contribution in [0.15, 0.2) is 59.5 Å². The Bertz CT molecular complexity index is 1060. The maximum Gasteiger partial charge on any atom is 0.321 e. The first-order chi connectivity index (χ1) is 15.0. The average molecular weight is 434 g/mol. The number of benzene rings is 2. The second-order valence-corrected chi connectivity index (χ2v) is 8.57. The molecule has 1 saturated heterocycles. The number of rotatable bonds is 4. The van der Waals surface area contributed by atoms with Gasteiger partial charge in [-0.3, -0.25) is 0 Å². The lowest BCUT2D eigenvalue weighted by Crippen LogP contribution is -2.50. The Labute approximate surface area is 187 Å². The predicted molar refractivity (Wildman–Crippen MR) is 128 cm³/mol. The Morgan fingerprint density at radius 2 is 1.71 bits per heavy atom. The minimum Gasteiger partial charge on any atom is -0.353 e. The fourth-order valence-electron chi connectivity index (χ4n) is 3.64. The molecule has 2 aromatic carbocycles. The molecule has 7 heteroatoms. The molecule has 1 aliphatic rings. The van der Waals surface area contributed by atoms with Gasteiger partial charge in [0.2, 0.25) is 0 Å². The smallest absolute Gasteiger partial charge is 0.321 e. The quantitative estimate of drug-likeness (QED) is 0.597. The van der Waals surface area contributed by atoms with E-state index in [1.807, 2.05) is 60.5 Å². The Hall–Kier alpha value is -3.06. The van der Waals surface area contributed by atoms with Crippen LogP contribution in [0.2, 0.25) is 0 Å². The highest BCUT2D eigenvalue weighted by Crippen LogP contribution is 2.22. The molecule has 1 aliphatic heterocycles. The molecular weight excluding hydrogens is 406 g/mol. The first-order valence-electron chi connectivity index (χ1n) is 10.4. The number of urea groups is 1. The highest BCUT2D eigenvalue weighted by Gasteiger charge is 2.22. The normalized spacial score (nSPS) is 13.9. The number of hydrogen-bond acceptors (Lipinski definition) is 5. The summed E-state index contributed by atoms with van der Waals surface area (Å²) in [5.41, 5.74) is 3.97. The number of aryl methyl sites for hydroxylation is 2. The van der Waals surface area contributed by atoms with Gasteiger partial charge in [0.15, 0.2) is 5.82 Å². The molecule has 1 N–H and O–H groups in total. The van der Waals surface area contributed by atoms with Crippen LogP contribution in [0.1, 0.15) is 11.3 Å². The molecule has 1 fully saturated rings. The van der Waals surface area contributed by atoms with Gasteiger partial charge in [-0.2, -0.15) is 0 Å². The SMILES string of the molecule is CSc1ccc(NC(=O)N2CCN(c3cc(C)nc(-c4cccc(C)c4)n3)CC2)cc1. The van der Waals surface area contributed by atoms with Crippen LogP contribution in [0, 0.1) is 13.8 Å². The third-order valence-corrected chi connectivity index (χ3v) is 6.09. The summed E-state index contributed by atoms with van der Waals surface area (Å²) in [6, 6.07) is 18.1. The van der Waals surface area contributed by atoms with E-state index in [0.717, 1.165) is 41.7 Å².